The van der Waals surface area contributed by atoms with Crippen LogP contribution in [0.3, 0.4) is 0 Å². The normalized spacial score (nSPS) is 32.1. The highest BCUT2D eigenvalue weighted by atomic mass is 19.1. The molecule has 82 valence electrons. The minimum atomic E-state index is -0.360. The molecule has 2 N–H and O–H groups in total. The molecule has 1 aromatic carbocycles. The van der Waals surface area contributed by atoms with Gasteiger partial charge in [-0.3, -0.25) is 4.90 Å². The van der Waals surface area contributed by atoms with Gasteiger partial charge in [0.25, 0.3) is 0 Å². The Balaban J connectivity index is 2.19. The molecule has 0 spiro atoms. The van der Waals surface area contributed by atoms with Crippen molar-refractivity contribution in [2.24, 2.45) is 5.73 Å². The Kier molecular flexibility index (Phi) is 3.03. The highest BCUT2D eigenvalue weighted by molar-refractivity contribution is 5.24. The van der Waals surface area contributed by atoms with Gasteiger partial charge in [-0.2, -0.15) is 0 Å². The first-order valence-electron chi connectivity index (χ1n) is 5.30. The van der Waals surface area contributed by atoms with Crippen LogP contribution in [-0.4, -0.2) is 37.3 Å². The van der Waals surface area contributed by atoms with Gasteiger partial charge in [0, 0.05) is 18.5 Å². The zero-order valence-electron chi connectivity index (χ0n) is 8.94. The number of likely N-dealkylation sites (N-methyl/N-ethyl adjacent to an activating group) is 1. The molecule has 0 bridgehead atoms. The molecule has 15 heavy (non-hydrogen) atoms. The van der Waals surface area contributed by atoms with Crippen LogP contribution in [0.25, 0.3) is 0 Å². The van der Waals surface area contributed by atoms with E-state index in [4.69, 9.17) is 5.73 Å². The Bertz CT molecular complexity index is 315. The molecular formula is C12H17FN2. The van der Waals surface area contributed by atoms with Gasteiger partial charge in [0.15, 0.2) is 0 Å². The van der Waals surface area contributed by atoms with E-state index in [1.165, 1.54) is 5.56 Å². The molecule has 1 saturated heterocycles. The second kappa shape index (κ2) is 4.29. The summed E-state index contributed by atoms with van der Waals surface area (Å²) in [5, 5.41) is 0. The van der Waals surface area contributed by atoms with Gasteiger partial charge in [-0.15, -0.1) is 0 Å². The SMILES string of the molecule is CN1C[C@H](c2ccccc2)[C@@H](N)[C@@H]1CF. The van der Waals surface area contributed by atoms with Gasteiger partial charge in [-0.1, -0.05) is 30.3 Å². The van der Waals surface area contributed by atoms with Crippen molar-refractivity contribution in [2.75, 3.05) is 20.3 Å². The highest BCUT2D eigenvalue weighted by Crippen LogP contribution is 2.29. The molecular weight excluding hydrogens is 191 g/mol. The Hall–Kier alpha value is -0.930. The first-order valence-corrected chi connectivity index (χ1v) is 5.30. The van der Waals surface area contributed by atoms with Gasteiger partial charge < -0.3 is 5.73 Å². The molecule has 0 unspecified atom stereocenters. The average molecular weight is 208 g/mol. The molecule has 3 heteroatoms. The topological polar surface area (TPSA) is 29.3 Å². The van der Waals surface area contributed by atoms with Crippen molar-refractivity contribution in [3.05, 3.63) is 35.9 Å². The number of likely N-dealkylation sites (tertiary alicyclic amines) is 1. The minimum absolute atomic E-state index is 0.0950. The third kappa shape index (κ3) is 1.90. The molecule has 1 aliphatic rings. The lowest BCUT2D eigenvalue weighted by Gasteiger charge is -2.19. The summed E-state index contributed by atoms with van der Waals surface area (Å²) in [7, 11) is 1.94. The third-order valence-corrected chi connectivity index (χ3v) is 3.35. The first kappa shape index (κ1) is 10.6. The number of hydrogen-bond acceptors (Lipinski definition) is 2. The van der Waals surface area contributed by atoms with E-state index >= 15 is 0 Å². The van der Waals surface area contributed by atoms with Crippen molar-refractivity contribution < 1.29 is 4.39 Å². The van der Waals surface area contributed by atoms with Crippen molar-refractivity contribution in [3.8, 4) is 0 Å². The van der Waals surface area contributed by atoms with Crippen LogP contribution in [0.15, 0.2) is 30.3 Å². The molecule has 2 rings (SSSR count). The van der Waals surface area contributed by atoms with Crippen LogP contribution in [0.2, 0.25) is 0 Å². The molecule has 0 radical (unpaired) electrons. The molecule has 3 atom stereocenters. The van der Waals surface area contributed by atoms with Crippen LogP contribution >= 0.6 is 0 Å². The van der Waals surface area contributed by atoms with Crippen molar-refractivity contribution in [2.45, 2.75) is 18.0 Å². The van der Waals surface area contributed by atoms with Crippen LogP contribution < -0.4 is 5.73 Å². The number of halogens is 1. The molecule has 2 nitrogen and oxygen atoms in total. The van der Waals surface area contributed by atoms with Gasteiger partial charge in [-0.05, 0) is 12.6 Å². The third-order valence-electron chi connectivity index (χ3n) is 3.35. The van der Waals surface area contributed by atoms with Crippen molar-refractivity contribution >= 4 is 0 Å². The van der Waals surface area contributed by atoms with E-state index in [0.717, 1.165) is 6.54 Å². The summed E-state index contributed by atoms with van der Waals surface area (Å²) >= 11 is 0. The monoisotopic (exact) mass is 208 g/mol. The van der Waals surface area contributed by atoms with Crippen LogP contribution in [-0.2, 0) is 0 Å². The standard InChI is InChI=1S/C12H17FN2/c1-15-8-10(12(14)11(15)7-13)9-5-3-2-4-6-9/h2-6,10-12H,7-8,14H2,1H3/t10-,11+,12-/m1/s1. The second-order valence-corrected chi connectivity index (χ2v) is 4.26. The zero-order valence-corrected chi connectivity index (χ0v) is 8.94. The van der Waals surface area contributed by atoms with Crippen LogP contribution in [0, 0.1) is 0 Å². The smallest absolute Gasteiger partial charge is 0.106 e. The largest absolute Gasteiger partial charge is 0.326 e. The minimum Gasteiger partial charge on any atom is -0.326 e. The second-order valence-electron chi connectivity index (χ2n) is 4.26. The summed E-state index contributed by atoms with van der Waals surface area (Å²) in [4.78, 5) is 2.02. The molecule has 0 aromatic heterocycles. The van der Waals surface area contributed by atoms with Crippen LogP contribution in [0.5, 0.6) is 0 Å². The molecule has 1 fully saturated rings. The number of nitrogens with two attached hydrogens (primary N) is 1. The average Bonchev–Trinajstić information content (AvgIpc) is 2.55. The van der Waals surface area contributed by atoms with Gasteiger partial charge in [0.1, 0.15) is 6.67 Å². The molecule has 0 amide bonds. The predicted molar refractivity (Wildman–Crippen MR) is 59.6 cm³/mol. The summed E-state index contributed by atoms with van der Waals surface area (Å²) in [5.74, 6) is 0.261. The van der Waals surface area contributed by atoms with E-state index in [1.807, 2.05) is 30.1 Å². The molecule has 0 aliphatic carbocycles. The number of rotatable bonds is 2. The molecule has 1 aliphatic heterocycles. The van der Waals surface area contributed by atoms with Crippen molar-refractivity contribution in [1.29, 1.82) is 0 Å². The number of benzene rings is 1. The van der Waals surface area contributed by atoms with Crippen LogP contribution in [0.4, 0.5) is 4.39 Å². The summed E-state index contributed by atoms with van der Waals surface area (Å²) in [6, 6.07) is 9.91. The maximum atomic E-state index is 12.8. The zero-order chi connectivity index (χ0) is 10.8. The fourth-order valence-electron chi connectivity index (χ4n) is 2.38. The van der Waals surface area contributed by atoms with E-state index in [0.29, 0.717) is 0 Å². The van der Waals surface area contributed by atoms with E-state index in [-0.39, 0.29) is 24.7 Å². The van der Waals surface area contributed by atoms with Crippen molar-refractivity contribution in [1.82, 2.24) is 4.90 Å². The Labute approximate surface area is 89.9 Å². The lowest BCUT2D eigenvalue weighted by molar-refractivity contribution is 0.243. The van der Waals surface area contributed by atoms with Crippen molar-refractivity contribution in [3.63, 3.8) is 0 Å². The lowest BCUT2D eigenvalue weighted by atomic mass is 9.92. The molecule has 0 saturated carbocycles. The van der Waals surface area contributed by atoms with Gasteiger partial charge in [-0.25, -0.2) is 4.39 Å². The lowest BCUT2D eigenvalue weighted by Crippen LogP contribution is -2.40. The Morgan fingerprint density at radius 3 is 2.60 bits per heavy atom. The fraction of sp³-hybridized carbons (Fsp3) is 0.500. The van der Waals surface area contributed by atoms with Crippen LogP contribution in [0.1, 0.15) is 11.5 Å². The highest BCUT2D eigenvalue weighted by Gasteiger charge is 2.37. The number of nitrogens with zero attached hydrogens (tertiary/aromatic N) is 1. The quantitative estimate of drug-likeness (QED) is 0.795. The maximum Gasteiger partial charge on any atom is 0.106 e. The van der Waals surface area contributed by atoms with E-state index < -0.39 is 0 Å². The van der Waals surface area contributed by atoms with E-state index in [9.17, 15) is 4.39 Å². The van der Waals surface area contributed by atoms with Gasteiger partial charge in [0.05, 0.1) is 6.04 Å². The summed E-state index contributed by atoms with van der Waals surface area (Å²) in [6.07, 6.45) is 0. The fourth-order valence-corrected chi connectivity index (χ4v) is 2.38. The summed E-state index contributed by atoms with van der Waals surface area (Å²) in [6.45, 7) is 0.487. The van der Waals surface area contributed by atoms with Gasteiger partial charge in [0.2, 0.25) is 0 Å². The first-order chi connectivity index (χ1) is 7.24. The maximum absolute atomic E-state index is 12.8. The Morgan fingerprint density at radius 2 is 2.07 bits per heavy atom. The molecule has 1 aromatic rings. The Morgan fingerprint density at radius 1 is 1.40 bits per heavy atom. The molecule has 1 heterocycles. The van der Waals surface area contributed by atoms with E-state index in [1.54, 1.807) is 0 Å². The predicted octanol–water partition coefficient (Wildman–Crippen LogP) is 1.38. The number of alkyl halides is 1. The van der Waals surface area contributed by atoms with E-state index in [2.05, 4.69) is 12.1 Å². The summed E-state index contributed by atoms with van der Waals surface area (Å²) in [5.41, 5.74) is 7.29. The van der Waals surface area contributed by atoms with Gasteiger partial charge >= 0.3 is 0 Å². The summed E-state index contributed by atoms with van der Waals surface area (Å²) < 4.78 is 12.8. The number of hydrogen-bond donors (Lipinski definition) is 1.